The van der Waals surface area contributed by atoms with E-state index in [9.17, 15) is 14.4 Å². The summed E-state index contributed by atoms with van der Waals surface area (Å²) in [6.45, 7) is 4.96. The second-order valence-electron chi connectivity index (χ2n) is 7.62. The monoisotopic (exact) mass is 453 g/mol. The predicted octanol–water partition coefficient (Wildman–Crippen LogP) is 3.27. The van der Waals surface area contributed by atoms with E-state index in [2.05, 4.69) is 10.6 Å². The highest BCUT2D eigenvalue weighted by molar-refractivity contribution is 6.36. The first-order valence-corrected chi connectivity index (χ1v) is 10.3. The molecule has 0 saturated carbocycles. The molecule has 1 aliphatic rings. The molecule has 0 radical (unpaired) electrons. The number of hydrogen-bond donors (Lipinski definition) is 2. The van der Waals surface area contributed by atoms with Crippen molar-refractivity contribution >= 4 is 34.7 Å². The Morgan fingerprint density at radius 3 is 1.91 bits per heavy atom. The molecule has 9 nitrogen and oxygen atoms in total. The van der Waals surface area contributed by atoms with Crippen molar-refractivity contribution in [2.75, 3.05) is 32.0 Å². The molecule has 2 N–H and O–H groups in total. The van der Waals surface area contributed by atoms with Crippen molar-refractivity contribution < 1.29 is 28.6 Å². The molecule has 9 heteroatoms. The smallest absolute Gasteiger partial charge is 0.278 e. The molecule has 3 rings (SSSR count). The molecule has 0 aliphatic carbocycles. The minimum absolute atomic E-state index is 0.134. The summed E-state index contributed by atoms with van der Waals surface area (Å²) in [7, 11) is 4.48. The maximum atomic E-state index is 13.2. The summed E-state index contributed by atoms with van der Waals surface area (Å²) < 4.78 is 16.1. The van der Waals surface area contributed by atoms with Crippen molar-refractivity contribution in [1.29, 1.82) is 0 Å². The van der Waals surface area contributed by atoms with E-state index in [0.29, 0.717) is 34.2 Å². The maximum absolute atomic E-state index is 13.2. The first kappa shape index (κ1) is 23.6. The van der Waals surface area contributed by atoms with Crippen LogP contribution in [0.3, 0.4) is 0 Å². The largest absolute Gasteiger partial charge is 0.493 e. The van der Waals surface area contributed by atoms with Gasteiger partial charge in [0, 0.05) is 36.5 Å². The first-order valence-electron chi connectivity index (χ1n) is 10.3. The molecule has 0 saturated heterocycles. The van der Waals surface area contributed by atoms with E-state index in [-0.39, 0.29) is 23.2 Å². The number of anilines is 2. The number of carbonyl (C=O) groups excluding carboxylic acids is 3. The van der Waals surface area contributed by atoms with E-state index in [1.807, 2.05) is 0 Å². The molecule has 33 heavy (non-hydrogen) atoms. The van der Waals surface area contributed by atoms with E-state index in [0.717, 1.165) is 0 Å². The number of nitrogens with zero attached hydrogens (tertiary/aromatic N) is 1. The summed E-state index contributed by atoms with van der Waals surface area (Å²) in [6, 6.07) is 9.70. The fraction of sp³-hybridized carbons (Fsp3) is 0.292. The Balaban J connectivity index is 2.10. The molecule has 2 aromatic carbocycles. The standard InChI is InChI=1S/C24H27N3O6/c1-13(2)27-23(29)20(15-7-9-16(10-8-15)25-14(3)28)21(24(27)30)26-17-11-18(31-4)22(33-6)19(12-17)32-5/h7-13,26H,1-6H3,(H,25,28). The average molecular weight is 453 g/mol. The van der Waals surface area contributed by atoms with Crippen LogP contribution in [0.5, 0.6) is 17.2 Å². The van der Waals surface area contributed by atoms with Crippen molar-refractivity contribution in [3.63, 3.8) is 0 Å². The number of benzene rings is 2. The van der Waals surface area contributed by atoms with Crippen LogP contribution in [0.4, 0.5) is 11.4 Å². The number of ether oxygens (including phenoxy) is 3. The maximum Gasteiger partial charge on any atom is 0.278 e. The molecule has 1 heterocycles. The second-order valence-corrected chi connectivity index (χ2v) is 7.62. The average Bonchev–Trinajstić information content (AvgIpc) is 3.02. The summed E-state index contributed by atoms with van der Waals surface area (Å²) in [5.74, 6) is 0.162. The molecule has 2 aromatic rings. The molecule has 0 spiro atoms. The zero-order valence-corrected chi connectivity index (χ0v) is 19.4. The van der Waals surface area contributed by atoms with Crippen molar-refractivity contribution in [2.24, 2.45) is 0 Å². The van der Waals surface area contributed by atoms with E-state index < -0.39 is 11.8 Å². The normalized spacial score (nSPS) is 13.5. The van der Waals surface area contributed by atoms with Crippen LogP contribution in [0.15, 0.2) is 42.1 Å². The summed E-state index contributed by atoms with van der Waals surface area (Å²) in [6.07, 6.45) is 0. The fourth-order valence-corrected chi connectivity index (χ4v) is 3.62. The van der Waals surface area contributed by atoms with Gasteiger partial charge in [-0.05, 0) is 31.5 Å². The Morgan fingerprint density at radius 2 is 1.45 bits per heavy atom. The molecule has 0 aromatic heterocycles. The third kappa shape index (κ3) is 4.62. The second kappa shape index (κ2) is 9.64. The molecule has 174 valence electrons. The third-order valence-electron chi connectivity index (χ3n) is 5.06. The van der Waals surface area contributed by atoms with Gasteiger partial charge < -0.3 is 24.8 Å². The lowest BCUT2D eigenvalue weighted by atomic mass is 10.0. The van der Waals surface area contributed by atoms with Gasteiger partial charge in [0.15, 0.2) is 11.5 Å². The van der Waals surface area contributed by atoms with E-state index >= 15 is 0 Å². The lowest BCUT2D eigenvalue weighted by Crippen LogP contribution is -2.38. The lowest BCUT2D eigenvalue weighted by Gasteiger charge is -2.19. The van der Waals surface area contributed by atoms with Crippen LogP contribution < -0.4 is 24.8 Å². The highest BCUT2D eigenvalue weighted by Gasteiger charge is 2.40. The minimum Gasteiger partial charge on any atom is -0.493 e. The van der Waals surface area contributed by atoms with Gasteiger partial charge in [-0.15, -0.1) is 0 Å². The molecule has 0 unspecified atom stereocenters. The minimum atomic E-state index is -0.440. The quantitative estimate of drug-likeness (QED) is 0.591. The van der Waals surface area contributed by atoms with Crippen molar-refractivity contribution in [3.8, 4) is 17.2 Å². The Labute approximate surface area is 192 Å². The van der Waals surface area contributed by atoms with Gasteiger partial charge in [0.1, 0.15) is 5.70 Å². The predicted molar refractivity (Wildman–Crippen MR) is 124 cm³/mol. The number of imide groups is 1. The van der Waals surface area contributed by atoms with Gasteiger partial charge in [0.25, 0.3) is 11.8 Å². The van der Waals surface area contributed by atoms with Gasteiger partial charge in [-0.25, -0.2) is 0 Å². The van der Waals surface area contributed by atoms with Crippen LogP contribution in [-0.2, 0) is 14.4 Å². The molecule has 1 aliphatic heterocycles. The summed E-state index contributed by atoms with van der Waals surface area (Å²) in [5.41, 5.74) is 1.98. The van der Waals surface area contributed by atoms with Gasteiger partial charge >= 0.3 is 0 Å². The molecule has 3 amide bonds. The van der Waals surface area contributed by atoms with Gasteiger partial charge in [0.05, 0.1) is 26.9 Å². The van der Waals surface area contributed by atoms with Crippen LogP contribution in [0, 0.1) is 0 Å². The Hall–Kier alpha value is -4.01. The zero-order valence-electron chi connectivity index (χ0n) is 19.4. The first-order chi connectivity index (χ1) is 15.7. The highest BCUT2D eigenvalue weighted by Crippen LogP contribution is 2.41. The number of hydrogen-bond acceptors (Lipinski definition) is 7. The van der Waals surface area contributed by atoms with Crippen molar-refractivity contribution in [1.82, 2.24) is 4.90 Å². The summed E-state index contributed by atoms with van der Waals surface area (Å²) >= 11 is 0. The fourth-order valence-electron chi connectivity index (χ4n) is 3.62. The van der Waals surface area contributed by atoms with Crippen LogP contribution in [0.1, 0.15) is 26.3 Å². The van der Waals surface area contributed by atoms with Crippen molar-refractivity contribution in [3.05, 3.63) is 47.7 Å². The Morgan fingerprint density at radius 1 is 0.879 bits per heavy atom. The summed E-state index contributed by atoms with van der Waals surface area (Å²) in [4.78, 5) is 39.0. The zero-order chi connectivity index (χ0) is 24.3. The number of methoxy groups -OCH3 is 3. The number of nitrogens with one attached hydrogen (secondary N) is 2. The molecule has 0 bridgehead atoms. The van der Waals surface area contributed by atoms with Crippen LogP contribution in [0.2, 0.25) is 0 Å². The molecule has 0 atom stereocenters. The van der Waals surface area contributed by atoms with Gasteiger partial charge in [-0.1, -0.05) is 12.1 Å². The van der Waals surface area contributed by atoms with E-state index in [4.69, 9.17) is 14.2 Å². The third-order valence-corrected chi connectivity index (χ3v) is 5.06. The lowest BCUT2D eigenvalue weighted by molar-refractivity contribution is -0.138. The van der Waals surface area contributed by atoms with Gasteiger partial charge in [-0.2, -0.15) is 0 Å². The Kier molecular flexibility index (Phi) is 6.91. The summed E-state index contributed by atoms with van der Waals surface area (Å²) in [5, 5.41) is 5.77. The van der Waals surface area contributed by atoms with Gasteiger partial charge in [-0.3, -0.25) is 19.3 Å². The number of amides is 3. The number of rotatable bonds is 8. The Bertz CT molecular complexity index is 1100. The topological polar surface area (TPSA) is 106 Å². The van der Waals surface area contributed by atoms with Gasteiger partial charge in [0.2, 0.25) is 11.7 Å². The van der Waals surface area contributed by atoms with Crippen LogP contribution in [-0.4, -0.2) is 50.0 Å². The van der Waals surface area contributed by atoms with E-state index in [1.54, 1.807) is 50.2 Å². The SMILES string of the molecule is COc1cc(NC2=C(c3ccc(NC(C)=O)cc3)C(=O)N(C(C)C)C2=O)cc(OC)c1OC. The van der Waals surface area contributed by atoms with Crippen LogP contribution >= 0.6 is 0 Å². The molecular weight excluding hydrogens is 426 g/mol. The van der Waals surface area contributed by atoms with Crippen molar-refractivity contribution in [2.45, 2.75) is 26.8 Å². The highest BCUT2D eigenvalue weighted by atomic mass is 16.5. The molecular formula is C24H27N3O6. The number of carbonyl (C=O) groups is 3. The van der Waals surface area contributed by atoms with Crippen LogP contribution in [0.25, 0.3) is 5.57 Å². The van der Waals surface area contributed by atoms with E-state index in [1.165, 1.54) is 33.2 Å². The molecule has 0 fully saturated rings.